The average molecular weight is 331 g/mol. The first-order chi connectivity index (χ1) is 9.58. The lowest BCUT2D eigenvalue weighted by Gasteiger charge is -2.04. The van der Waals surface area contributed by atoms with Gasteiger partial charge in [-0.05, 0) is 29.3 Å². The summed E-state index contributed by atoms with van der Waals surface area (Å²) in [5, 5.41) is 0.687. The molecule has 3 aromatic rings. The third-order valence-electron chi connectivity index (χ3n) is 3.14. The molecular formula is C15H11BrN2O2. The monoisotopic (exact) mass is 330 g/mol. The van der Waals surface area contributed by atoms with Crippen LogP contribution in [-0.2, 0) is 0 Å². The first kappa shape index (κ1) is 12.7. The fraction of sp³-hybridized carbons (Fsp3) is 0. The van der Waals surface area contributed by atoms with Gasteiger partial charge in [0.25, 0.3) is 5.91 Å². The Morgan fingerprint density at radius 2 is 1.90 bits per heavy atom. The van der Waals surface area contributed by atoms with Crippen molar-refractivity contribution >= 4 is 38.5 Å². The normalized spacial score (nSPS) is 10.8. The lowest BCUT2D eigenvalue weighted by Crippen LogP contribution is -2.11. The minimum atomic E-state index is -0.666. The number of primary amides is 1. The lowest BCUT2D eigenvalue weighted by atomic mass is 10.0. The van der Waals surface area contributed by atoms with Crippen LogP contribution in [0.1, 0.15) is 10.6 Å². The first-order valence-electron chi connectivity index (χ1n) is 5.94. The maximum Gasteiger partial charge on any atom is 0.286 e. The van der Waals surface area contributed by atoms with Gasteiger partial charge in [0.15, 0.2) is 0 Å². The summed E-state index contributed by atoms with van der Waals surface area (Å²) in [6.07, 6.45) is 0. The molecule has 1 aromatic heterocycles. The number of hydrogen-bond acceptors (Lipinski definition) is 3. The van der Waals surface area contributed by atoms with Gasteiger partial charge in [-0.25, -0.2) is 0 Å². The quantitative estimate of drug-likeness (QED) is 0.753. The fourth-order valence-corrected chi connectivity index (χ4v) is 2.68. The second-order valence-corrected chi connectivity index (χ2v) is 5.25. The highest BCUT2D eigenvalue weighted by Crippen LogP contribution is 2.34. The van der Waals surface area contributed by atoms with Crippen molar-refractivity contribution in [1.29, 1.82) is 0 Å². The summed E-state index contributed by atoms with van der Waals surface area (Å²) < 4.78 is 6.35. The van der Waals surface area contributed by atoms with Gasteiger partial charge in [0, 0.05) is 9.86 Å². The van der Waals surface area contributed by atoms with Crippen LogP contribution in [0.3, 0.4) is 0 Å². The molecule has 0 fully saturated rings. The molecule has 0 saturated carbocycles. The minimum Gasteiger partial charge on any atom is -0.449 e. The van der Waals surface area contributed by atoms with Crippen molar-refractivity contribution in [2.45, 2.75) is 0 Å². The molecule has 100 valence electrons. The molecule has 2 aromatic carbocycles. The van der Waals surface area contributed by atoms with Crippen LogP contribution >= 0.6 is 15.9 Å². The summed E-state index contributed by atoms with van der Waals surface area (Å²) >= 11 is 3.52. The fourth-order valence-electron chi connectivity index (χ4n) is 2.16. The zero-order chi connectivity index (χ0) is 14.3. The topological polar surface area (TPSA) is 82.2 Å². The molecule has 0 aliphatic rings. The Morgan fingerprint density at radius 1 is 1.15 bits per heavy atom. The van der Waals surface area contributed by atoms with Crippen LogP contribution < -0.4 is 11.5 Å². The van der Waals surface area contributed by atoms with E-state index < -0.39 is 5.91 Å². The Balaban J connectivity index is 2.23. The number of halogens is 1. The Kier molecular flexibility index (Phi) is 2.99. The van der Waals surface area contributed by atoms with E-state index in [9.17, 15) is 4.79 Å². The number of amides is 1. The van der Waals surface area contributed by atoms with E-state index in [1.807, 2.05) is 36.4 Å². The van der Waals surface area contributed by atoms with E-state index >= 15 is 0 Å². The number of nitrogen functional groups attached to an aromatic ring is 1. The standard InChI is InChI=1S/C15H11BrN2O2/c16-11-4-2-1-3-9(11)8-5-6-12-10(7-8)13(17)14(20-12)15(18)19/h1-7H,17H2,(H2,18,19). The minimum absolute atomic E-state index is 0.00396. The van der Waals surface area contributed by atoms with E-state index in [1.54, 1.807) is 6.07 Å². The SMILES string of the molecule is NC(=O)c1oc2ccc(-c3ccccc3Br)cc2c1N. The summed E-state index contributed by atoms with van der Waals surface area (Å²) in [5.74, 6) is -0.662. The molecule has 0 aliphatic heterocycles. The zero-order valence-electron chi connectivity index (χ0n) is 10.4. The van der Waals surface area contributed by atoms with Crippen molar-refractivity contribution in [2.24, 2.45) is 5.73 Å². The van der Waals surface area contributed by atoms with Crippen LogP contribution in [-0.4, -0.2) is 5.91 Å². The van der Waals surface area contributed by atoms with Gasteiger partial charge in [0.2, 0.25) is 5.76 Å². The molecular weight excluding hydrogens is 320 g/mol. The van der Waals surface area contributed by atoms with E-state index in [1.165, 1.54) is 0 Å². The number of anilines is 1. The molecule has 1 amide bonds. The Labute approximate surface area is 123 Å². The summed E-state index contributed by atoms with van der Waals surface area (Å²) in [7, 11) is 0. The molecule has 0 spiro atoms. The van der Waals surface area contributed by atoms with Crippen molar-refractivity contribution in [3.63, 3.8) is 0 Å². The van der Waals surface area contributed by atoms with Gasteiger partial charge in [-0.2, -0.15) is 0 Å². The van der Waals surface area contributed by atoms with E-state index in [0.29, 0.717) is 11.0 Å². The van der Waals surface area contributed by atoms with Crippen molar-refractivity contribution in [1.82, 2.24) is 0 Å². The van der Waals surface area contributed by atoms with Crippen molar-refractivity contribution < 1.29 is 9.21 Å². The maximum atomic E-state index is 11.2. The smallest absolute Gasteiger partial charge is 0.286 e. The highest BCUT2D eigenvalue weighted by atomic mass is 79.9. The average Bonchev–Trinajstić information content (AvgIpc) is 2.76. The van der Waals surface area contributed by atoms with Gasteiger partial charge in [-0.3, -0.25) is 4.79 Å². The number of rotatable bonds is 2. The number of carbonyl (C=O) groups is 1. The molecule has 5 heteroatoms. The third kappa shape index (κ3) is 1.96. The van der Waals surface area contributed by atoms with Gasteiger partial charge in [-0.1, -0.05) is 40.2 Å². The molecule has 3 rings (SSSR count). The lowest BCUT2D eigenvalue weighted by molar-refractivity contribution is 0.0977. The molecule has 0 radical (unpaired) electrons. The molecule has 0 unspecified atom stereocenters. The molecule has 20 heavy (non-hydrogen) atoms. The maximum absolute atomic E-state index is 11.2. The molecule has 0 saturated heterocycles. The van der Waals surface area contributed by atoms with Crippen molar-refractivity contribution in [2.75, 3.05) is 5.73 Å². The largest absolute Gasteiger partial charge is 0.449 e. The number of benzene rings is 2. The van der Waals surface area contributed by atoms with E-state index in [2.05, 4.69) is 15.9 Å². The Morgan fingerprint density at radius 3 is 2.60 bits per heavy atom. The van der Waals surface area contributed by atoms with E-state index in [0.717, 1.165) is 15.6 Å². The summed E-state index contributed by atoms with van der Waals surface area (Å²) in [6, 6.07) is 13.5. The van der Waals surface area contributed by atoms with Crippen LogP contribution in [0.15, 0.2) is 51.4 Å². The summed E-state index contributed by atoms with van der Waals surface area (Å²) in [6.45, 7) is 0. The molecule has 1 heterocycles. The number of nitrogens with two attached hydrogens (primary N) is 2. The molecule has 4 nitrogen and oxygen atoms in total. The number of furan rings is 1. The molecule has 4 N–H and O–H groups in total. The van der Waals surface area contributed by atoms with Gasteiger partial charge in [0.05, 0.1) is 5.69 Å². The predicted octanol–water partition coefficient (Wildman–Crippen LogP) is 3.54. The van der Waals surface area contributed by atoms with Crippen molar-refractivity contribution in [3.05, 3.63) is 52.7 Å². The summed E-state index contributed by atoms with van der Waals surface area (Å²) in [5.41, 5.74) is 14.0. The Hall–Kier alpha value is -2.27. The van der Waals surface area contributed by atoms with Crippen molar-refractivity contribution in [3.8, 4) is 11.1 Å². The first-order valence-corrected chi connectivity index (χ1v) is 6.74. The Bertz CT molecular complexity index is 824. The van der Waals surface area contributed by atoms with E-state index in [4.69, 9.17) is 15.9 Å². The highest BCUT2D eigenvalue weighted by Gasteiger charge is 2.16. The second-order valence-electron chi connectivity index (χ2n) is 4.40. The van der Waals surface area contributed by atoms with Crippen LogP contribution in [0.2, 0.25) is 0 Å². The second kappa shape index (κ2) is 4.68. The van der Waals surface area contributed by atoms with Crippen LogP contribution in [0.4, 0.5) is 5.69 Å². The highest BCUT2D eigenvalue weighted by molar-refractivity contribution is 9.10. The van der Waals surface area contributed by atoms with Crippen LogP contribution in [0.5, 0.6) is 0 Å². The number of fused-ring (bicyclic) bond motifs is 1. The third-order valence-corrected chi connectivity index (χ3v) is 3.83. The van der Waals surface area contributed by atoms with Gasteiger partial charge in [0.1, 0.15) is 5.58 Å². The number of carbonyl (C=O) groups excluding carboxylic acids is 1. The summed E-state index contributed by atoms with van der Waals surface area (Å²) in [4.78, 5) is 11.2. The number of hydrogen-bond donors (Lipinski definition) is 2. The predicted molar refractivity (Wildman–Crippen MR) is 82.3 cm³/mol. The molecule has 0 atom stereocenters. The van der Waals surface area contributed by atoms with Gasteiger partial charge >= 0.3 is 0 Å². The van der Waals surface area contributed by atoms with Crippen LogP contribution in [0, 0.1) is 0 Å². The molecule has 0 bridgehead atoms. The van der Waals surface area contributed by atoms with E-state index in [-0.39, 0.29) is 11.4 Å². The zero-order valence-corrected chi connectivity index (χ0v) is 12.0. The van der Waals surface area contributed by atoms with Crippen LogP contribution in [0.25, 0.3) is 22.1 Å². The molecule has 0 aliphatic carbocycles. The van der Waals surface area contributed by atoms with Gasteiger partial charge < -0.3 is 15.9 Å². The van der Waals surface area contributed by atoms with Gasteiger partial charge in [-0.15, -0.1) is 0 Å².